The molecule has 0 radical (unpaired) electrons. The van der Waals surface area contributed by atoms with E-state index in [0.29, 0.717) is 12.5 Å². The molecule has 5 heteroatoms. The summed E-state index contributed by atoms with van der Waals surface area (Å²) in [4.78, 5) is 11.8. The molecule has 2 unspecified atom stereocenters. The average Bonchev–Trinajstić information content (AvgIpc) is 2.73. The quantitative estimate of drug-likeness (QED) is 0.694. The number of urea groups is 1. The van der Waals surface area contributed by atoms with E-state index in [1.54, 1.807) is 0 Å². The Bertz CT molecular complexity index is 266. The fourth-order valence-electron chi connectivity index (χ4n) is 2.23. The summed E-state index contributed by atoms with van der Waals surface area (Å²) < 4.78 is 0.185. The van der Waals surface area contributed by atoms with Crippen LogP contribution in [0.1, 0.15) is 40.0 Å². The van der Waals surface area contributed by atoms with Gasteiger partial charge < -0.3 is 15.7 Å². The van der Waals surface area contributed by atoms with E-state index in [0.717, 1.165) is 12.8 Å². The SMILES string of the molecule is CC(C)CC(CO)NC(=O)NCC1(C)CCCS1. The van der Waals surface area contributed by atoms with Gasteiger partial charge in [-0.1, -0.05) is 13.8 Å². The number of hydrogen-bond acceptors (Lipinski definition) is 3. The van der Waals surface area contributed by atoms with Crippen molar-refractivity contribution in [2.75, 3.05) is 18.9 Å². The van der Waals surface area contributed by atoms with Crippen LogP contribution in [0, 0.1) is 5.92 Å². The van der Waals surface area contributed by atoms with E-state index in [9.17, 15) is 9.90 Å². The largest absolute Gasteiger partial charge is 0.394 e. The fourth-order valence-corrected chi connectivity index (χ4v) is 3.47. The molecule has 0 aliphatic carbocycles. The van der Waals surface area contributed by atoms with Crippen molar-refractivity contribution in [1.29, 1.82) is 0 Å². The van der Waals surface area contributed by atoms with Crippen molar-refractivity contribution in [3.8, 4) is 0 Å². The molecule has 1 aliphatic heterocycles. The lowest BCUT2D eigenvalue weighted by atomic mass is 10.0. The molecule has 0 bridgehead atoms. The normalized spacial score (nSPS) is 25.2. The highest BCUT2D eigenvalue weighted by molar-refractivity contribution is 8.00. The molecule has 0 aromatic heterocycles. The van der Waals surface area contributed by atoms with Crippen LogP contribution in [0.4, 0.5) is 4.79 Å². The Morgan fingerprint density at radius 2 is 2.22 bits per heavy atom. The molecule has 0 spiro atoms. The van der Waals surface area contributed by atoms with Gasteiger partial charge in [-0.15, -0.1) is 0 Å². The molecule has 106 valence electrons. The van der Waals surface area contributed by atoms with Crippen molar-refractivity contribution < 1.29 is 9.90 Å². The second kappa shape index (κ2) is 7.24. The van der Waals surface area contributed by atoms with Crippen LogP contribution in [-0.2, 0) is 0 Å². The highest BCUT2D eigenvalue weighted by Crippen LogP contribution is 2.36. The molecule has 0 aromatic carbocycles. The van der Waals surface area contributed by atoms with E-state index in [-0.39, 0.29) is 23.4 Å². The first-order valence-electron chi connectivity index (χ1n) is 6.74. The van der Waals surface area contributed by atoms with E-state index < -0.39 is 0 Å². The van der Waals surface area contributed by atoms with Crippen molar-refractivity contribution >= 4 is 17.8 Å². The van der Waals surface area contributed by atoms with Crippen LogP contribution in [0.25, 0.3) is 0 Å². The first-order chi connectivity index (χ1) is 8.45. The van der Waals surface area contributed by atoms with Gasteiger partial charge in [0.2, 0.25) is 0 Å². The Kier molecular flexibility index (Phi) is 6.29. The summed E-state index contributed by atoms with van der Waals surface area (Å²) in [5.41, 5.74) is 0. The molecule has 2 amide bonds. The number of aliphatic hydroxyl groups is 1. The standard InChI is InChI=1S/C13H26N2O2S/c1-10(2)7-11(8-16)15-12(17)14-9-13(3)5-4-6-18-13/h10-11,16H,4-9H2,1-3H3,(H2,14,15,17). The van der Waals surface area contributed by atoms with Crippen molar-refractivity contribution in [1.82, 2.24) is 10.6 Å². The molecule has 1 fully saturated rings. The Hall–Kier alpha value is -0.420. The van der Waals surface area contributed by atoms with E-state index in [2.05, 4.69) is 31.4 Å². The number of hydrogen-bond donors (Lipinski definition) is 3. The summed E-state index contributed by atoms with van der Waals surface area (Å²) in [5, 5.41) is 15.0. The first kappa shape index (κ1) is 15.6. The third-order valence-corrected chi connectivity index (χ3v) is 4.77. The molecule has 0 aromatic rings. The zero-order valence-corrected chi connectivity index (χ0v) is 12.5. The van der Waals surface area contributed by atoms with Gasteiger partial charge in [0, 0.05) is 11.3 Å². The molecule has 4 nitrogen and oxygen atoms in total. The maximum Gasteiger partial charge on any atom is 0.315 e. The van der Waals surface area contributed by atoms with Crippen LogP contribution in [0.15, 0.2) is 0 Å². The second-order valence-electron chi connectivity index (χ2n) is 5.74. The van der Waals surface area contributed by atoms with Gasteiger partial charge in [0.1, 0.15) is 0 Å². The highest BCUT2D eigenvalue weighted by Gasteiger charge is 2.29. The van der Waals surface area contributed by atoms with E-state index >= 15 is 0 Å². The van der Waals surface area contributed by atoms with Gasteiger partial charge in [0.25, 0.3) is 0 Å². The number of carbonyl (C=O) groups excluding carboxylic acids is 1. The van der Waals surface area contributed by atoms with Crippen LogP contribution < -0.4 is 10.6 Å². The van der Waals surface area contributed by atoms with E-state index in [4.69, 9.17) is 0 Å². The summed E-state index contributed by atoms with van der Waals surface area (Å²) in [6.07, 6.45) is 3.19. The summed E-state index contributed by atoms with van der Waals surface area (Å²) in [6.45, 7) is 7.06. The molecular weight excluding hydrogens is 248 g/mol. The summed E-state index contributed by atoms with van der Waals surface area (Å²) >= 11 is 1.93. The molecule has 0 saturated carbocycles. The Balaban J connectivity index is 2.27. The zero-order valence-electron chi connectivity index (χ0n) is 11.7. The number of nitrogens with one attached hydrogen (secondary N) is 2. The van der Waals surface area contributed by atoms with Crippen molar-refractivity contribution in [3.05, 3.63) is 0 Å². The Morgan fingerprint density at radius 1 is 1.50 bits per heavy atom. The summed E-state index contributed by atoms with van der Waals surface area (Å²) in [6, 6.07) is -0.308. The van der Waals surface area contributed by atoms with E-state index in [1.165, 1.54) is 12.2 Å². The molecule has 18 heavy (non-hydrogen) atoms. The lowest BCUT2D eigenvalue weighted by Gasteiger charge is -2.24. The first-order valence-corrected chi connectivity index (χ1v) is 7.73. The second-order valence-corrected chi connectivity index (χ2v) is 7.42. The molecule has 1 rings (SSSR count). The van der Waals surface area contributed by atoms with Gasteiger partial charge in [-0.2, -0.15) is 11.8 Å². The predicted molar refractivity (Wildman–Crippen MR) is 77.0 cm³/mol. The van der Waals surface area contributed by atoms with Crippen LogP contribution in [0.3, 0.4) is 0 Å². The number of rotatable bonds is 6. The molecule has 3 N–H and O–H groups in total. The zero-order chi connectivity index (χ0) is 13.6. The lowest BCUT2D eigenvalue weighted by molar-refractivity contribution is 0.206. The molecule has 1 aliphatic rings. The van der Waals surface area contributed by atoms with E-state index in [1.807, 2.05) is 11.8 Å². The van der Waals surface area contributed by atoms with Gasteiger partial charge in [-0.3, -0.25) is 0 Å². The van der Waals surface area contributed by atoms with Crippen molar-refractivity contribution in [3.63, 3.8) is 0 Å². The third kappa shape index (κ3) is 5.48. The number of carbonyl (C=O) groups is 1. The predicted octanol–water partition coefficient (Wildman–Crippen LogP) is 1.98. The van der Waals surface area contributed by atoms with Crippen molar-refractivity contribution in [2.45, 2.75) is 50.8 Å². The van der Waals surface area contributed by atoms with Gasteiger partial charge in [0.05, 0.1) is 12.6 Å². The van der Waals surface area contributed by atoms with Crippen LogP contribution >= 0.6 is 11.8 Å². The topological polar surface area (TPSA) is 61.4 Å². The maximum absolute atomic E-state index is 11.8. The Labute approximate surface area is 114 Å². The van der Waals surface area contributed by atoms with Gasteiger partial charge in [0.15, 0.2) is 0 Å². The van der Waals surface area contributed by atoms with Crippen molar-refractivity contribution in [2.24, 2.45) is 5.92 Å². The highest BCUT2D eigenvalue weighted by atomic mass is 32.2. The fraction of sp³-hybridized carbons (Fsp3) is 0.923. The molecule has 1 saturated heterocycles. The summed E-state index contributed by atoms with van der Waals surface area (Å²) in [7, 11) is 0. The number of aliphatic hydroxyl groups excluding tert-OH is 1. The minimum Gasteiger partial charge on any atom is -0.394 e. The van der Waals surface area contributed by atoms with Crippen LogP contribution in [-0.4, -0.2) is 40.8 Å². The molecular formula is C13H26N2O2S. The van der Waals surface area contributed by atoms with Gasteiger partial charge in [-0.25, -0.2) is 4.79 Å². The minimum absolute atomic E-state index is 0.00236. The Morgan fingerprint density at radius 3 is 2.72 bits per heavy atom. The molecule has 1 heterocycles. The summed E-state index contributed by atoms with van der Waals surface area (Å²) in [5.74, 6) is 1.65. The lowest BCUT2D eigenvalue weighted by Crippen LogP contribution is -2.47. The third-order valence-electron chi connectivity index (χ3n) is 3.23. The monoisotopic (exact) mass is 274 g/mol. The number of amides is 2. The van der Waals surface area contributed by atoms with Crippen LogP contribution in [0.2, 0.25) is 0 Å². The maximum atomic E-state index is 11.8. The minimum atomic E-state index is -0.163. The molecule has 2 atom stereocenters. The van der Waals surface area contributed by atoms with Gasteiger partial charge >= 0.3 is 6.03 Å². The van der Waals surface area contributed by atoms with Crippen LogP contribution in [0.5, 0.6) is 0 Å². The van der Waals surface area contributed by atoms with Gasteiger partial charge in [-0.05, 0) is 37.9 Å². The number of thioether (sulfide) groups is 1. The average molecular weight is 274 g/mol. The smallest absolute Gasteiger partial charge is 0.315 e.